The molecule has 0 saturated carbocycles. The van der Waals surface area contributed by atoms with Gasteiger partial charge in [-0.1, -0.05) is 66.2 Å². The fraction of sp³-hybridized carbons (Fsp3) is 0.174. The zero-order valence-electron chi connectivity index (χ0n) is 16.2. The molecule has 3 aromatic rings. The molecule has 0 aromatic heterocycles. The fourth-order valence-electron chi connectivity index (χ4n) is 3.22. The number of nitrogens with zero attached hydrogens (tertiary/aromatic N) is 2. The predicted molar refractivity (Wildman–Crippen MR) is 120 cm³/mol. The van der Waals surface area contributed by atoms with Gasteiger partial charge in [-0.05, 0) is 34.9 Å². The van der Waals surface area contributed by atoms with Gasteiger partial charge in [0.05, 0.1) is 28.8 Å². The molecule has 0 N–H and O–H groups in total. The summed E-state index contributed by atoms with van der Waals surface area (Å²) in [5.41, 5.74) is 3.57. The SMILES string of the molecule is O=S(=O)(c1ccc(Cl)c(N=Cc2ccc(-c3ccccc3)cc2)c1)N1CCOCC1. The van der Waals surface area contributed by atoms with Gasteiger partial charge in [0, 0.05) is 19.3 Å². The molecule has 5 nitrogen and oxygen atoms in total. The van der Waals surface area contributed by atoms with Crippen molar-refractivity contribution in [2.24, 2.45) is 4.99 Å². The van der Waals surface area contributed by atoms with E-state index in [0.717, 1.165) is 16.7 Å². The van der Waals surface area contributed by atoms with Crippen molar-refractivity contribution in [1.82, 2.24) is 4.31 Å². The highest BCUT2D eigenvalue weighted by Crippen LogP contribution is 2.29. The third-order valence-electron chi connectivity index (χ3n) is 4.90. The molecule has 4 rings (SSSR count). The molecule has 0 spiro atoms. The Morgan fingerprint density at radius 3 is 2.27 bits per heavy atom. The smallest absolute Gasteiger partial charge is 0.243 e. The van der Waals surface area contributed by atoms with Crippen molar-refractivity contribution in [2.75, 3.05) is 26.3 Å². The van der Waals surface area contributed by atoms with Crippen LogP contribution in [0.15, 0.2) is 82.7 Å². The highest BCUT2D eigenvalue weighted by molar-refractivity contribution is 7.89. The summed E-state index contributed by atoms with van der Waals surface area (Å²) in [5, 5.41) is 0.396. The summed E-state index contributed by atoms with van der Waals surface area (Å²) in [6, 6.07) is 22.7. The molecule has 1 aliphatic heterocycles. The Hall–Kier alpha value is -2.51. The quantitative estimate of drug-likeness (QED) is 0.536. The molecule has 1 fully saturated rings. The van der Waals surface area contributed by atoms with Crippen LogP contribution in [0.25, 0.3) is 11.1 Å². The van der Waals surface area contributed by atoms with Crippen LogP contribution in [0.3, 0.4) is 0 Å². The first-order valence-corrected chi connectivity index (χ1v) is 11.4. The second-order valence-electron chi connectivity index (χ2n) is 6.88. The maximum absolute atomic E-state index is 12.9. The van der Waals surface area contributed by atoms with Gasteiger partial charge in [0.2, 0.25) is 10.0 Å². The summed E-state index contributed by atoms with van der Waals surface area (Å²) in [6.45, 7) is 1.49. The summed E-state index contributed by atoms with van der Waals surface area (Å²) in [5.74, 6) is 0. The largest absolute Gasteiger partial charge is 0.379 e. The Labute approximate surface area is 181 Å². The van der Waals surface area contributed by atoms with Gasteiger partial charge < -0.3 is 4.74 Å². The molecule has 7 heteroatoms. The lowest BCUT2D eigenvalue weighted by atomic mass is 10.0. The van der Waals surface area contributed by atoms with E-state index in [1.54, 1.807) is 12.3 Å². The Balaban J connectivity index is 1.56. The highest BCUT2D eigenvalue weighted by Gasteiger charge is 2.26. The van der Waals surface area contributed by atoms with Crippen LogP contribution in [0.1, 0.15) is 5.56 Å². The minimum atomic E-state index is -3.60. The van der Waals surface area contributed by atoms with Gasteiger partial charge in [-0.2, -0.15) is 4.31 Å². The Morgan fingerprint density at radius 1 is 0.900 bits per heavy atom. The summed E-state index contributed by atoms with van der Waals surface area (Å²) in [7, 11) is -3.60. The molecule has 154 valence electrons. The average Bonchev–Trinajstić information content (AvgIpc) is 2.80. The van der Waals surface area contributed by atoms with Gasteiger partial charge in [0.1, 0.15) is 0 Å². The maximum atomic E-state index is 12.9. The standard InChI is InChI=1S/C23H21ClN2O3S/c24-22-11-10-21(30(27,28)26-12-14-29-15-13-26)16-23(22)25-17-18-6-8-20(9-7-18)19-4-2-1-3-5-19/h1-11,16-17H,12-15H2. The number of halogens is 1. The van der Waals surface area contributed by atoms with Crippen LogP contribution in [0, 0.1) is 0 Å². The topological polar surface area (TPSA) is 59.0 Å². The molecule has 3 aromatic carbocycles. The van der Waals surface area contributed by atoms with E-state index >= 15 is 0 Å². The summed E-state index contributed by atoms with van der Waals surface area (Å²) in [6.07, 6.45) is 1.68. The number of sulfonamides is 1. The molecular formula is C23H21ClN2O3S. The number of aliphatic imine (C=N–C) groups is 1. The van der Waals surface area contributed by atoms with E-state index < -0.39 is 10.0 Å². The third-order valence-corrected chi connectivity index (χ3v) is 7.11. The first-order chi connectivity index (χ1) is 14.5. The number of rotatable bonds is 5. The lowest BCUT2D eigenvalue weighted by molar-refractivity contribution is 0.0730. The normalized spacial score (nSPS) is 15.5. The molecular weight excluding hydrogens is 420 g/mol. The minimum Gasteiger partial charge on any atom is -0.379 e. The molecule has 30 heavy (non-hydrogen) atoms. The van der Waals surface area contributed by atoms with E-state index in [4.69, 9.17) is 16.3 Å². The van der Waals surface area contributed by atoms with Crippen molar-refractivity contribution >= 4 is 33.5 Å². The van der Waals surface area contributed by atoms with Gasteiger partial charge in [-0.3, -0.25) is 4.99 Å². The van der Waals surface area contributed by atoms with Gasteiger partial charge >= 0.3 is 0 Å². The molecule has 0 unspecified atom stereocenters. The average molecular weight is 441 g/mol. The van der Waals surface area contributed by atoms with E-state index in [9.17, 15) is 8.42 Å². The van der Waals surface area contributed by atoms with E-state index in [0.29, 0.717) is 37.0 Å². The van der Waals surface area contributed by atoms with Crippen LogP contribution in [-0.4, -0.2) is 45.2 Å². The van der Waals surface area contributed by atoms with E-state index in [-0.39, 0.29) is 4.90 Å². The van der Waals surface area contributed by atoms with Gasteiger partial charge in [0.15, 0.2) is 0 Å². The van der Waals surface area contributed by atoms with Crippen molar-refractivity contribution in [3.8, 4) is 11.1 Å². The molecule has 1 heterocycles. The maximum Gasteiger partial charge on any atom is 0.243 e. The molecule has 0 atom stereocenters. The van der Waals surface area contributed by atoms with Crippen LogP contribution in [0.4, 0.5) is 5.69 Å². The summed E-state index contributed by atoms with van der Waals surface area (Å²) in [4.78, 5) is 4.61. The number of ether oxygens (including phenoxy) is 1. The lowest BCUT2D eigenvalue weighted by Crippen LogP contribution is -2.40. The van der Waals surface area contributed by atoms with Crippen molar-refractivity contribution in [1.29, 1.82) is 0 Å². The molecule has 0 radical (unpaired) electrons. The van der Waals surface area contributed by atoms with Crippen molar-refractivity contribution in [2.45, 2.75) is 4.90 Å². The summed E-state index contributed by atoms with van der Waals surface area (Å²) >= 11 is 6.26. The summed E-state index contributed by atoms with van der Waals surface area (Å²) < 4.78 is 32.4. The highest BCUT2D eigenvalue weighted by atomic mass is 35.5. The predicted octanol–water partition coefficient (Wildman–Crippen LogP) is 4.78. The monoisotopic (exact) mass is 440 g/mol. The number of hydrogen-bond acceptors (Lipinski definition) is 4. The van der Waals surface area contributed by atoms with Gasteiger partial charge in [-0.25, -0.2) is 8.42 Å². The van der Waals surface area contributed by atoms with Crippen molar-refractivity contribution < 1.29 is 13.2 Å². The first kappa shape index (κ1) is 20.8. The molecule has 0 aliphatic carbocycles. The van der Waals surface area contributed by atoms with Crippen molar-refractivity contribution in [3.63, 3.8) is 0 Å². The Morgan fingerprint density at radius 2 is 1.57 bits per heavy atom. The first-order valence-electron chi connectivity index (χ1n) is 9.61. The third kappa shape index (κ3) is 4.63. The van der Waals surface area contributed by atoms with Crippen LogP contribution in [0.2, 0.25) is 5.02 Å². The van der Waals surface area contributed by atoms with Crippen LogP contribution >= 0.6 is 11.6 Å². The van der Waals surface area contributed by atoms with Crippen molar-refractivity contribution in [3.05, 3.63) is 83.4 Å². The molecule has 1 saturated heterocycles. The Bertz CT molecular complexity index is 1140. The van der Waals surface area contributed by atoms with E-state index in [2.05, 4.69) is 17.1 Å². The fourth-order valence-corrected chi connectivity index (χ4v) is 4.82. The van der Waals surface area contributed by atoms with Crippen LogP contribution in [-0.2, 0) is 14.8 Å². The molecule has 0 bridgehead atoms. The van der Waals surface area contributed by atoms with Gasteiger partial charge in [-0.15, -0.1) is 0 Å². The number of hydrogen-bond donors (Lipinski definition) is 0. The van der Waals surface area contributed by atoms with Crippen LogP contribution < -0.4 is 0 Å². The molecule has 0 amide bonds. The zero-order chi connectivity index (χ0) is 21.0. The number of morpholine rings is 1. The second kappa shape index (κ2) is 9.10. The number of benzene rings is 3. The van der Waals surface area contributed by atoms with Crippen LogP contribution in [0.5, 0.6) is 0 Å². The minimum absolute atomic E-state index is 0.181. The second-order valence-corrected chi connectivity index (χ2v) is 9.22. The molecule has 1 aliphatic rings. The van der Waals surface area contributed by atoms with Gasteiger partial charge in [0.25, 0.3) is 0 Å². The van der Waals surface area contributed by atoms with E-state index in [1.807, 2.05) is 42.5 Å². The Kier molecular flexibility index (Phi) is 6.29. The zero-order valence-corrected chi connectivity index (χ0v) is 17.8. The lowest BCUT2D eigenvalue weighted by Gasteiger charge is -2.26. The van der Waals surface area contributed by atoms with E-state index in [1.165, 1.54) is 16.4 Å².